The van der Waals surface area contributed by atoms with Gasteiger partial charge in [0.25, 0.3) is 0 Å². The minimum Gasteiger partial charge on any atom is -0.327 e. The third-order valence-electron chi connectivity index (χ3n) is 1.87. The van der Waals surface area contributed by atoms with Gasteiger partial charge < -0.3 is 5.73 Å². The average Bonchev–Trinajstić information content (AvgIpc) is 2.15. The molecule has 0 saturated heterocycles. The molecule has 0 radical (unpaired) electrons. The van der Waals surface area contributed by atoms with Crippen molar-refractivity contribution in [2.24, 2.45) is 5.73 Å². The molecule has 64 valence electrons. The van der Waals surface area contributed by atoms with Crippen molar-refractivity contribution in [1.82, 2.24) is 0 Å². The topological polar surface area (TPSA) is 26.0 Å². The summed E-state index contributed by atoms with van der Waals surface area (Å²) in [5, 5.41) is 0. The maximum absolute atomic E-state index is 5.38. The van der Waals surface area contributed by atoms with Gasteiger partial charge in [0.2, 0.25) is 0 Å². The Morgan fingerprint density at radius 2 is 2.08 bits per heavy atom. The van der Waals surface area contributed by atoms with Gasteiger partial charge in [0, 0.05) is 6.54 Å². The van der Waals surface area contributed by atoms with Crippen LogP contribution in [0.2, 0.25) is 0 Å². The van der Waals surface area contributed by atoms with E-state index in [1.165, 1.54) is 11.1 Å². The molecule has 1 rings (SSSR count). The normalized spacial score (nSPS) is 10.8. The lowest BCUT2D eigenvalue weighted by Gasteiger charge is -2.00. The molecule has 1 aromatic carbocycles. The van der Waals surface area contributed by atoms with E-state index in [0.717, 1.165) is 6.42 Å². The fourth-order valence-corrected chi connectivity index (χ4v) is 1.21. The molecule has 0 heterocycles. The van der Waals surface area contributed by atoms with Crippen LogP contribution in [-0.2, 0) is 6.42 Å². The number of aryl methyl sites for hydroxylation is 1. The van der Waals surface area contributed by atoms with Crippen LogP contribution in [-0.4, -0.2) is 6.54 Å². The molecular formula is C11H15N. The Labute approximate surface area is 73.9 Å². The van der Waals surface area contributed by atoms with Crippen LogP contribution in [0.25, 0.3) is 6.08 Å². The van der Waals surface area contributed by atoms with Crippen molar-refractivity contribution in [2.75, 3.05) is 6.54 Å². The molecule has 0 saturated carbocycles. The van der Waals surface area contributed by atoms with Gasteiger partial charge in [-0.1, -0.05) is 43.3 Å². The first-order valence-electron chi connectivity index (χ1n) is 4.33. The molecule has 0 bridgehead atoms. The first-order chi connectivity index (χ1) is 5.88. The summed E-state index contributed by atoms with van der Waals surface area (Å²) in [6, 6.07) is 8.38. The molecule has 2 N–H and O–H groups in total. The lowest BCUT2D eigenvalue weighted by atomic mass is 10.1. The summed E-state index contributed by atoms with van der Waals surface area (Å²) in [5.41, 5.74) is 8.04. The Kier molecular flexibility index (Phi) is 3.55. The molecule has 0 aliphatic carbocycles. The zero-order valence-electron chi connectivity index (χ0n) is 7.46. The van der Waals surface area contributed by atoms with Crippen LogP contribution in [0.15, 0.2) is 30.3 Å². The largest absolute Gasteiger partial charge is 0.327 e. The van der Waals surface area contributed by atoms with E-state index in [4.69, 9.17) is 5.73 Å². The number of nitrogens with two attached hydrogens (primary N) is 1. The zero-order chi connectivity index (χ0) is 8.81. The van der Waals surface area contributed by atoms with Crippen molar-refractivity contribution >= 4 is 6.08 Å². The van der Waals surface area contributed by atoms with Crippen LogP contribution in [0.1, 0.15) is 18.1 Å². The van der Waals surface area contributed by atoms with E-state index in [1.807, 2.05) is 6.08 Å². The molecule has 1 heteroatoms. The summed E-state index contributed by atoms with van der Waals surface area (Å²) in [4.78, 5) is 0. The summed E-state index contributed by atoms with van der Waals surface area (Å²) < 4.78 is 0. The van der Waals surface area contributed by atoms with Gasteiger partial charge in [-0.3, -0.25) is 0 Å². The van der Waals surface area contributed by atoms with E-state index in [2.05, 4.69) is 37.3 Å². The van der Waals surface area contributed by atoms with E-state index < -0.39 is 0 Å². The molecule has 0 aromatic heterocycles. The van der Waals surface area contributed by atoms with Gasteiger partial charge in [-0.25, -0.2) is 0 Å². The van der Waals surface area contributed by atoms with Gasteiger partial charge in [0.05, 0.1) is 0 Å². The molecule has 1 nitrogen and oxygen atoms in total. The molecule has 0 fully saturated rings. The molecule has 12 heavy (non-hydrogen) atoms. The van der Waals surface area contributed by atoms with Crippen molar-refractivity contribution in [3.63, 3.8) is 0 Å². The minimum atomic E-state index is 0.609. The molecule has 1 aromatic rings. The van der Waals surface area contributed by atoms with E-state index in [1.54, 1.807) is 0 Å². The highest BCUT2D eigenvalue weighted by atomic mass is 14.5. The molecule has 0 amide bonds. The first-order valence-corrected chi connectivity index (χ1v) is 4.33. The lowest BCUT2D eigenvalue weighted by molar-refractivity contribution is 1.13. The highest BCUT2D eigenvalue weighted by Crippen LogP contribution is 2.10. The minimum absolute atomic E-state index is 0.609. The van der Waals surface area contributed by atoms with Crippen LogP contribution in [0.3, 0.4) is 0 Å². The number of hydrogen-bond acceptors (Lipinski definition) is 1. The lowest BCUT2D eigenvalue weighted by Crippen LogP contribution is -1.92. The van der Waals surface area contributed by atoms with Gasteiger partial charge in [-0.15, -0.1) is 0 Å². The van der Waals surface area contributed by atoms with Crippen LogP contribution < -0.4 is 5.73 Å². The highest BCUT2D eigenvalue weighted by Gasteiger charge is 1.93. The number of hydrogen-bond donors (Lipinski definition) is 1. The quantitative estimate of drug-likeness (QED) is 0.722. The van der Waals surface area contributed by atoms with Crippen molar-refractivity contribution in [2.45, 2.75) is 13.3 Å². The summed E-state index contributed by atoms with van der Waals surface area (Å²) in [6.45, 7) is 2.77. The van der Waals surface area contributed by atoms with Crippen LogP contribution in [0, 0.1) is 0 Å². The fourth-order valence-electron chi connectivity index (χ4n) is 1.21. The van der Waals surface area contributed by atoms with E-state index >= 15 is 0 Å². The standard InChI is InChI=1S/C11H15N/c1-2-10-6-3-4-7-11(10)8-5-9-12/h3-8H,2,9,12H2,1H3. The summed E-state index contributed by atoms with van der Waals surface area (Å²) in [7, 11) is 0. The number of rotatable bonds is 3. The molecular weight excluding hydrogens is 146 g/mol. The predicted octanol–water partition coefficient (Wildman–Crippen LogP) is 2.22. The van der Waals surface area contributed by atoms with E-state index in [-0.39, 0.29) is 0 Å². The van der Waals surface area contributed by atoms with Gasteiger partial charge in [0.1, 0.15) is 0 Å². The van der Waals surface area contributed by atoms with Crippen molar-refractivity contribution in [3.8, 4) is 0 Å². The molecule has 0 atom stereocenters. The second kappa shape index (κ2) is 4.73. The smallest absolute Gasteiger partial charge is 0.0110 e. The highest BCUT2D eigenvalue weighted by molar-refractivity contribution is 5.53. The molecule has 0 spiro atoms. The second-order valence-corrected chi connectivity index (χ2v) is 2.69. The predicted molar refractivity (Wildman–Crippen MR) is 53.9 cm³/mol. The summed E-state index contributed by atoms with van der Waals surface area (Å²) >= 11 is 0. The summed E-state index contributed by atoms with van der Waals surface area (Å²) in [6.07, 6.45) is 5.14. The monoisotopic (exact) mass is 161 g/mol. The van der Waals surface area contributed by atoms with Crippen molar-refractivity contribution in [1.29, 1.82) is 0 Å². The maximum Gasteiger partial charge on any atom is 0.0110 e. The van der Waals surface area contributed by atoms with E-state index in [0.29, 0.717) is 6.54 Å². The van der Waals surface area contributed by atoms with Gasteiger partial charge in [-0.05, 0) is 17.5 Å². The number of benzene rings is 1. The Hall–Kier alpha value is -1.08. The van der Waals surface area contributed by atoms with Gasteiger partial charge in [0.15, 0.2) is 0 Å². The Balaban J connectivity index is 2.89. The van der Waals surface area contributed by atoms with Gasteiger partial charge >= 0.3 is 0 Å². The molecule has 0 aliphatic rings. The average molecular weight is 161 g/mol. The van der Waals surface area contributed by atoms with Gasteiger partial charge in [-0.2, -0.15) is 0 Å². The Bertz CT molecular complexity index is 263. The zero-order valence-corrected chi connectivity index (χ0v) is 7.46. The SMILES string of the molecule is CCc1ccccc1C=CCN. The Morgan fingerprint density at radius 3 is 2.75 bits per heavy atom. The van der Waals surface area contributed by atoms with Crippen LogP contribution in [0.5, 0.6) is 0 Å². The van der Waals surface area contributed by atoms with E-state index in [9.17, 15) is 0 Å². The van der Waals surface area contributed by atoms with Crippen LogP contribution >= 0.6 is 0 Å². The third-order valence-corrected chi connectivity index (χ3v) is 1.87. The van der Waals surface area contributed by atoms with Crippen LogP contribution in [0.4, 0.5) is 0 Å². The molecule has 0 aliphatic heterocycles. The first kappa shape index (κ1) is 9.01. The summed E-state index contributed by atoms with van der Waals surface area (Å²) in [5.74, 6) is 0. The Morgan fingerprint density at radius 1 is 1.33 bits per heavy atom. The fraction of sp³-hybridized carbons (Fsp3) is 0.273. The van der Waals surface area contributed by atoms with Crippen molar-refractivity contribution < 1.29 is 0 Å². The maximum atomic E-state index is 5.38. The third kappa shape index (κ3) is 2.21. The van der Waals surface area contributed by atoms with Crippen molar-refractivity contribution in [3.05, 3.63) is 41.5 Å². The molecule has 0 unspecified atom stereocenters. The second-order valence-electron chi connectivity index (χ2n) is 2.69.